The molecule has 1 aromatic carbocycles. The highest BCUT2D eigenvalue weighted by atomic mass is 32.2. The minimum Gasteiger partial charge on any atom is -0.381 e. The van der Waals surface area contributed by atoms with Crippen molar-refractivity contribution < 1.29 is 4.74 Å². The first-order chi connectivity index (χ1) is 8.27. The quantitative estimate of drug-likeness (QED) is 0.566. The maximum atomic E-state index is 5.32. The fraction of sp³-hybridized carbons (Fsp3) is 0.571. The lowest BCUT2D eigenvalue weighted by molar-refractivity contribution is 0.164. The van der Waals surface area contributed by atoms with Crippen LogP contribution in [0.25, 0.3) is 0 Å². The third-order valence-electron chi connectivity index (χ3n) is 2.59. The van der Waals surface area contributed by atoms with Crippen LogP contribution in [0.2, 0.25) is 0 Å². The smallest absolute Gasteiger partial charge is 0.0560 e. The second-order valence-corrected chi connectivity index (χ2v) is 5.06. The number of benzene rings is 1. The van der Waals surface area contributed by atoms with Crippen LogP contribution >= 0.6 is 11.8 Å². The highest BCUT2D eigenvalue weighted by molar-refractivity contribution is 7.99. The predicted octanol–water partition coefficient (Wildman–Crippen LogP) is 3.49. The monoisotopic (exact) mass is 253 g/mol. The fourth-order valence-electron chi connectivity index (χ4n) is 1.64. The van der Waals surface area contributed by atoms with Gasteiger partial charge in [-0.05, 0) is 38.1 Å². The largest absolute Gasteiger partial charge is 0.381 e. The molecule has 0 saturated heterocycles. The van der Waals surface area contributed by atoms with E-state index in [1.54, 1.807) is 0 Å². The number of ether oxygens (including phenoxy) is 1. The van der Waals surface area contributed by atoms with Crippen LogP contribution in [0.5, 0.6) is 0 Å². The minimum atomic E-state index is 0.433. The van der Waals surface area contributed by atoms with E-state index in [1.807, 2.05) is 18.7 Å². The Morgan fingerprint density at radius 2 is 1.94 bits per heavy atom. The molecule has 1 aromatic rings. The molecule has 0 fully saturated rings. The van der Waals surface area contributed by atoms with Crippen molar-refractivity contribution in [3.63, 3.8) is 0 Å². The normalized spacial score (nSPS) is 12.6. The summed E-state index contributed by atoms with van der Waals surface area (Å²) in [6.07, 6.45) is 0. The number of hydrogen-bond donors (Lipinski definition) is 1. The molecular formula is C14H23NOS. The van der Waals surface area contributed by atoms with Gasteiger partial charge in [-0.25, -0.2) is 0 Å². The Labute approximate surface area is 109 Å². The molecule has 0 saturated carbocycles. The molecule has 1 unspecified atom stereocenters. The van der Waals surface area contributed by atoms with Gasteiger partial charge in [0.1, 0.15) is 0 Å². The summed E-state index contributed by atoms with van der Waals surface area (Å²) in [6.45, 7) is 9.00. The van der Waals surface area contributed by atoms with Crippen molar-refractivity contribution in [3.05, 3.63) is 29.8 Å². The predicted molar refractivity (Wildman–Crippen MR) is 75.8 cm³/mol. The molecule has 2 nitrogen and oxygen atoms in total. The topological polar surface area (TPSA) is 21.3 Å². The molecule has 1 atom stereocenters. The molecule has 1 N–H and O–H groups in total. The SMILES string of the molecule is CCNC(C)c1ccc(SCCOCC)cc1. The highest BCUT2D eigenvalue weighted by Crippen LogP contribution is 2.20. The molecule has 0 radical (unpaired) electrons. The Kier molecular flexibility index (Phi) is 7.33. The third-order valence-corrected chi connectivity index (χ3v) is 3.57. The molecule has 0 aromatic heterocycles. The van der Waals surface area contributed by atoms with Crippen LogP contribution in [0.4, 0.5) is 0 Å². The average molecular weight is 253 g/mol. The first-order valence-corrected chi connectivity index (χ1v) is 7.30. The summed E-state index contributed by atoms with van der Waals surface area (Å²) in [5.74, 6) is 1.02. The standard InChI is InChI=1S/C14H23NOS/c1-4-15-12(3)13-6-8-14(9-7-13)17-11-10-16-5-2/h6-9,12,15H,4-5,10-11H2,1-3H3. The second-order valence-electron chi connectivity index (χ2n) is 3.89. The summed E-state index contributed by atoms with van der Waals surface area (Å²) in [6, 6.07) is 9.23. The number of rotatable bonds is 8. The lowest BCUT2D eigenvalue weighted by Crippen LogP contribution is -2.17. The van der Waals surface area contributed by atoms with Crippen molar-refractivity contribution in [2.75, 3.05) is 25.5 Å². The Hall–Kier alpha value is -0.510. The second kappa shape index (κ2) is 8.56. The van der Waals surface area contributed by atoms with Gasteiger partial charge in [0.2, 0.25) is 0 Å². The maximum absolute atomic E-state index is 5.32. The molecular weight excluding hydrogens is 230 g/mol. The molecule has 0 amide bonds. The van der Waals surface area contributed by atoms with E-state index in [-0.39, 0.29) is 0 Å². The summed E-state index contributed by atoms with van der Waals surface area (Å²) in [5.41, 5.74) is 1.35. The fourth-order valence-corrected chi connectivity index (χ4v) is 2.40. The number of nitrogens with one attached hydrogen (secondary N) is 1. The van der Waals surface area contributed by atoms with Crippen LogP contribution in [0.3, 0.4) is 0 Å². The van der Waals surface area contributed by atoms with Crippen LogP contribution in [0, 0.1) is 0 Å². The Balaban J connectivity index is 2.39. The van der Waals surface area contributed by atoms with Crippen molar-refractivity contribution in [2.24, 2.45) is 0 Å². The van der Waals surface area contributed by atoms with Gasteiger partial charge in [-0.15, -0.1) is 11.8 Å². The molecule has 0 aliphatic rings. The van der Waals surface area contributed by atoms with E-state index in [1.165, 1.54) is 10.5 Å². The molecule has 1 rings (SSSR count). The third kappa shape index (κ3) is 5.57. The maximum Gasteiger partial charge on any atom is 0.0560 e. The Morgan fingerprint density at radius 3 is 2.53 bits per heavy atom. The van der Waals surface area contributed by atoms with Gasteiger partial charge in [0.05, 0.1) is 6.61 Å². The van der Waals surface area contributed by atoms with Gasteiger partial charge >= 0.3 is 0 Å². The van der Waals surface area contributed by atoms with Gasteiger partial charge in [0.15, 0.2) is 0 Å². The van der Waals surface area contributed by atoms with Crippen LogP contribution in [0.1, 0.15) is 32.4 Å². The van der Waals surface area contributed by atoms with Gasteiger partial charge in [0.25, 0.3) is 0 Å². The molecule has 0 bridgehead atoms. The first-order valence-electron chi connectivity index (χ1n) is 6.31. The Morgan fingerprint density at radius 1 is 1.24 bits per heavy atom. The van der Waals surface area contributed by atoms with E-state index in [4.69, 9.17) is 4.74 Å². The average Bonchev–Trinajstić information content (AvgIpc) is 2.36. The van der Waals surface area contributed by atoms with Gasteiger partial charge in [0, 0.05) is 23.3 Å². The zero-order chi connectivity index (χ0) is 12.5. The molecule has 0 aliphatic carbocycles. The zero-order valence-corrected chi connectivity index (χ0v) is 11.8. The molecule has 3 heteroatoms. The van der Waals surface area contributed by atoms with Gasteiger partial charge < -0.3 is 10.1 Å². The lowest BCUT2D eigenvalue weighted by Gasteiger charge is -2.13. The highest BCUT2D eigenvalue weighted by Gasteiger charge is 2.03. The first kappa shape index (κ1) is 14.6. The molecule has 96 valence electrons. The summed E-state index contributed by atoms with van der Waals surface area (Å²) >= 11 is 1.85. The van der Waals surface area contributed by atoms with E-state index >= 15 is 0 Å². The van der Waals surface area contributed by atoms with E-state index in [2.05, 4.69) is 43.4 Å². The minimum absolute atomic E-state index is 0.433. The van der Waals surface area contributed by atoms with Crippen molar-refractivity contribution in [3.8, 4) is 0 Å². The lowest BCUT2D eigenvalue weighted by atomic mass is 10.1. The van der Waals surface area contributed by atoms with Crippen molar-refractivity contribution in [1.82, 2.24) is 5.32 Å². The van der Waals surface area contributed by atoms with Crippen LogP contribution in [-0.4, -0.2) is 25.5 Å². The summed E-state index contributed by atoms with van der Waals surface area (Å²) < 4.78 is 5.32. The van der Waals surface area contributed by atoms with Crippen LogP contribution < -0.4 is 5.32 Å². The van der Waals surface area contributed by atoms with Crippen molar-refractivity contribution >= 4 is 11.8 Å². The van der Waals surface area contributed by atoms with Gasteiger partial charge in [-0.3, -0.25) is 0 Å². The van der Waals surface area contributed by atoms with Crippen LogP contribution in [0.15, 0.2) is 29.2 Å². The van der Waals surface area contributed by atoms with E-state index < -0.39 is 0 Å². The molecule has 0 heterocycles. The van der Waals surface area contributed by atoms with Gasteiger partial charge in [-0.1, -0.05) is 19.1 Å². The van der Waals surface area contributed by atoms with Crippen molar-refractivity contribution in [2.45, 2.75) is 31.7 Å². The molecule has 0 spiro atoms. The summed E-state index contributed by atoms with van der Waals surface area (Å²) in [5, 5.41) is 3.41. The van der Waals surface area contributed by atoms with Crippen molar-refractivity contribution in [1.29, 1.82) is 0 Å². The Bertz CT molecular complexity index is 300. The molecule has 17 heavy (non-hydrogen) atoms. The van der Waals surface area contributed by atoms with E-state index in [9.17, 15) is 0 Å². The summed E-state index contributed by atoms with van der Waals surface area (Å²) in [4.78, 5) is 1.32. The molecule has 0 aliphatic heterocycles. The van der Waals surface area contributed by atoms with Crippen LogP contribution in [-0.2, 0) is 4.74 Å². The van der Waals surface area contributed by atoms with Gasteiger partial charge in [-0.2, -0.15) is 0 Å². The van der Waals surface area contributed by atoms with E-state index in [0.717, 1.165) is 25.5 Å². The van der Waals surface area contributed by atoms with E-state index in [0.29, 0.717) is 6.04 Å². The number of hydrogen-bond acceptors (Lipinski definition) is 3. The number of thioether (sulfide) groups is 1. The summed E-state index contributed by atoms with van der Waals surface area (Å²) in [7, 11) is 0. The zero-order valence-electron chi connectivity index (χ0n) is 11.0.